The lowest BCUT2D eigenvalue weighted by molar-refractivity contribution is 0.0697. The summed E-state index contributed by atoms with van der Waals surface area (Å²) in [6.45, 7) is 11.1. The summed E-state index contributed by atoms with van der Waals surface area (Å²) in [5, 5.41) is 8.63. The zero-order valence-electron chi connectivity index (χ0n) is 8.53. The predicted octanol–water partition coefficient (Wildman–Crippen LogP) is 2.96. The van der Waals surface area contributed by atoms with Gasteiger partial charge in [0.1, 0.15) is 0 Å². The van der Waals surface area contributed by atoms with Gasteiger partial charge in [-0.05, 0) is 12.1 Å². The third-order valence-corrected chi connectivity index (χ3v) is 1.53. The van der Waals surface area contributed by atoms with Crippen molar-refractivity contribution in [2.24, 2.45) is 0 Å². The van der Waals surface area contributed by atoms with Crippen molar-refractivity contribution in [3.63, 3.8) is 0 Å². The first-order chi connectivity index (χ1) is 6.69. The predicted molar refractivity (Wildman–Crippen MR) is 59.2 cm³/mol. The van der Waals surface area contributed by atoms with E-state index < -0.39 is 5.97 Å². The van der Waals surface area contributed by atoms with Gasteiger partial charge in [-0.2, -0.15) is 0 Å². The highest BCUT2D eigenvalue weighted by Crippen LogP contribution is 2.09. The van der Waals surface area contributed by atoms with E-state index in [1.807, 2.05) is 13.8 Å². The maximum atomic E-state index is 10.5. The second-order valence-electron chi connectivity index (χ2n) is 2.25. The second-order valence-corrected chi connectivity index (χ2v) is 2.25. The molecule has 0 aliphatic carbocycles. The van der Waals surface area contributed by atoms with Gasteiger partial charge >= 0.3 is 5.97 Å². The number of hydrogen-bond acceptors (Lipinski definition) is 1. The largest absolute Gasteiger partial charge is 0.478 e. The van der Waals surface area contributed by atoms with Crippen LogP contribution in [0.3, 0.4) is 0 Å². The maximum absolute atomic E-state index is 10.5. The number of hydrogen-bond donors (Lipinski definition) is 1. The van der Waals surface area contributed by atoms with Gasteiger partial charge in [0.05, 0.1) is 5.56 Å². The van der Waals surface area contributed by atoms with E-state index in [9.17, 15) is 4.79 Å². The molecule has 3 nitrogen and oxygen atoms in total. The van der Waals surface area contributed by atoms with Gasteiger partial charge in [0, 0.05) is 18.1 Å². The number of carboxylic acid groups (broad SMARTS) is 1. The van der Waals surface area contributed by atoms with Gasteiger partial charge in [0.2, 0.25) is 0 Å². The maximum Gasteiger partial charge on any atom is 0.337 e. The summed E-state index contributed by atoms with van der Waals surface area (Å²) in [6.07, 6.45) is 4.60. The molecule has 0 fully saturated rings. The first-order valence-corrected chi connectivity index (χ1v) is 4.39. The molecule has 0 bridgehead atoms. The minimum atomic E-state index is -0.946. The molecule has 1 N–H and O–H groups in total. The van der Waals surface area contributed by atoms with Crippen LogP contribution in [0.25, 0.3) is 12.3 Å². The zero-order valence-corrected chi connectivity index (χ0v) is 8.53. The number of aromatic carboxylic acids is 1. The van der Waals surface area contributed by atoms with Crippen LogP contribution in [0.15, 0.2) is 25.4 Å². The van der Waals surface area contributed by atoms with Crippen LogP contribution in [0.4, 0.5) is 0 Å². The summed E-state index contributed by atoms with van der Waals surface area (Å²) in [7, 11) is 0. The molecule has 0 unspecified atom stereocenters. The standard InChI is InChI=1S/C9H9NO2.C2H6/c1-3-8-5-7(9(11)12)6-10(8)4-2;1-2/h3-6H,1-2H2,(H,11,12);1-2H3. The van der Waals surface area contributed by atoms with E-state index >= 15 is 0 Å². The molecular weight excluding hydrogens is 178 g/mol. The molecule has 0 aliphatic heterocycles. The van der Waals surface area contributed by atoms with Crippen LogP contribution in [-0.2, 0) is 0 Å². The summed E-state index contributed by atoms with van der Waals surface area (Å²) in [6, 6.07) is 1.54. The molecule has 1 aromatic heterocycles. The van der Waals surface area contributed by atoms with Crippen LogP contribution >= 0.6 is 0 Å². The monoisotopic (exact) mass is 193 g/mol. The number of rotatable bonds is 3. The van der Waals surface area contributed by atoms with E-state index in [1.54, 1.807) is 10.6 Å². The van der Waals surface area contributed by atoms with Crippen molar-refractivity contribution in [3.8, 4) is 0 Å². The van der Waals surface area contributed by atoms with E-state index in [1.165, 1.54) is 18.5 Å². The first kappa shape index (κ1) is 12.2. The molecule has 0 aromatic carbocycles. The van der Waals surface area contributed by atoms with Gasteiger partial charge in [0.25, 0.3) is 0 Å². The average molecular weight is 193 g/mol. The average Bonchev–Trinajstić information content (AvgIpc) is 2.63. The molecule has 0 aliphatic rings. The highest BCUT2D eigenvalue weighted by Gasteiger charge is 2.06. The van der Waals surface area contributed by atoms with Crippen LogP contribution in [0.5, 0.6) is 0 Å². The topological polar surface area (TPSA) is 42.2 Å². The number of aromatic nitrogens is 1. The van der Waals surface area contributed by atoms with Crippen LogP contribution in [0.1, 0.15) is 29.9 Å². The first-order valence-electron chi connectivity index (χ1n) is 4.39. The van der Waals surface area contributed by atoms with Crippen molar-refractivity contribution in [1.82, 2.24) is 4.57 Å². The van der Waals surface area contributed by atoms with E-state index in [4.69, 9.17) is 5.11 Å². The molecule has 0 radical (unpaired) electrons. The minimum Gasteiger partial charge on any atom is -0.478 e. The van der Waals surface area contributed by atoms with Crippen molar-refractivity contribution in [2.45, 2.75) is 13.8 Å². The van der Waals surface area contributed by atoms with Gasteiger partial charge in [-0.15, -0.1) is 0 Å². The number of nitrogens with zero attached hydrogens (tertiary/aromatic N) is 1. The SMILES string of the molecule is C=Cc1cc(C(=O)O)cn1C=C.CC. The fraction of sp³-hybridized carbons (Fsp3) is 0.182. The third-order valence-electron chi connectivity index (χ3n) is 1.53. The Kier molecular flexibility index (Phi) is 5.07. The second kappa shape index (κ2) is 5.80. The van der Waals surface area contributed by atoms with Crippen molar-refractivity contribution >= 4 is 18.2 Å². The molecule has 14 heavy (non-hydrogen) atoms. The van der Waals surface area contributed by atoms with E-state index in [2.05, 4.69) is 13.2 Å². The van der Waals surface area contributed by atoms with Crippen molar-refractivity contribution in [1.29, 1.82) is 0 Å². The Morgan fingerprint density at radius 1 is 1.50 bits per heavy atom. The number of carbonyl (C=O) groups is 1. The lowest BCUT2D eigenvalue weighted by Crippen LogP contribution is -1.92. The molecule has 0 saturated heterocycles. The molecule has 0 spiro atoms. The Balaban J connectivity index is 0.000000791. The summed E-state index contributed by atoms with van der Waals surface area (Å²) in [4.78, 5) is 10.5. The minimum absolute atomic E-state index is 0.241. The van der Waals surface area contributed by atoms with Crippen molar-refractivity contribution in [3.05, 3.63) is 36.7 Å². The summed E-state index contributed by atoms with van der Waals surface area (Å²) in [5.41, 5.74) is 0.965. The van der Waals surface area contributed by atoms with Crippen molar-refractivity contribution in [2.75, 3.05) is 0 Å². The fourth-order valence-corrected chi connectivity index (χ4v) is 0.935. The van der Waals surface area contributed by atoms with Crippen LogP contribution in [0, 0.1) is 0 Å². The molecule has 3 heteroatoms. The molecule has 0 saturated carbocycles. The van der Waals surface area contributed by atoms with Gasteiger partial charge < -0.3 is 9.67 Å². The fourth-order valence-electron chi connectivity index (χ4n) is 0.935. The Labute approximate surface area is 84.0 Å². The highest BCUT2D eigenvalue weighted by atomic mass is 16.4. The molecular formula is C11H15NO2. The normalized spacial score (nSPS) is 8.43. The summed E-state index contributed by atoms with van der Waals surface area (Å²) < 4.78 is 1.61. The zero-order chi connectivity index (χ0) is 11.1. The summed E-state index contributed by atoms with van der Waals surface area (Å²) >= 11 is 0. The molecule has 0 atom stereocenters. The van der Waals surface area contributed by atoms with E-state index in [0.717, 1.165) is 5.69 Å². The third kappa shape index (κ3) is 2.62. The van der Waals surface area contributed by atoms with E-state index in [0.29, 0.717) is 0 Å². The Morgan fingerprint density at radius 2 is 2.07 bits per heavy atom. The Morgan fingerprint density at radius 3 is 2.36 bits per heavy atom. The Bertz CT molecular complexity index is 312. The van der Waals surface area contributed by atoms with Crippen LogP contribution < -0.4 is 0 Å². The van der Waals surface area contributed by atoms with Gasteiger partial charge in [-0.25, -0.2) is 4.79 Å². The molecule has 1 heterocycles. The van der Waals surface area contributed by atoms with Crippen LogP contribution in [0.2, 0.25) is 0 Å². The lowest BCUT2D eigenvalue weighted by atomic mass is 10.3. The Hall–Kier alpha value is -1.77. The smallest absolute Gasteiger partial charge is 0.337 e. The van der Waals surface area contributed by atoms with E-state index in [-0.39, 0.29) is 5.56 Å². The lowest BCUT2D eigenvalue weighted by Gasteiger charge is -1.93. The molecule has 1 aromatic rings. The van der Waals surface area contributed by atoms with Gasteiger partial charge in [0.15, 0.2) is 0 Å². The quantitative estimate of drug-likeness (QED) is 0.801. The van der Waals surface area contributed by atoms with Gasteiger partial charge in [-0.3, -0.25) is 0 Å². The van der Waals surface area contributed by atoms with Gasteiger partial charge in [-0.1, -0.05) is 27.0 Å². The highest BCUT2D eigenvalue weighted by molar-refractivity contribution is 5.88. The van der Waals surface area contributed by atoms with Crippen LogP contribution in [-0.4, -0.2) is 15.6 Å². The molecule has 1 rings (SSSR count). The summed E-state index contributed by atoms with van der Waals surface area (Å²) in [5.74, 6) is -0.946. The molecule has 76 valence electrons. The van der Waals surface area contributed by atoms with Crippen molar-refractivity contribution < 1.29 is 9.90 Å². The number of carboxylic acids is 1. The molecule has 0 amide bonds.